The first-order valence-corrected chi connectivity index (χ1v) is 14.0. The van der Waals surface area contributed by atoms with Crippen LogP contribution < -0.4 is 22.5 Å². The number of nitrogens with one attached hydrogen (secondary N) is 1. The number of piperazine rings is 1. The van der Waals surface area contributed by atoms with Gasteiger partial charge in [-0.2, -0.15) is 4.98 Å². The van der Waals surface area contributed by atoms with Crippen molar-refractivity contribution in [3.05, 3.63) is 52.6 Å². The molecule has 2 saturated carbocycles. The van der Waals surface area contributed by atoms with Crippen LogP contribution >= 0.6 is 0 Å². The maximum Gasteiger partial charge on any atom is 0.354 e. The second-order valence-corrected chi connectivity index (χ2v) is 11.7. The number of carbonyl (C=O) groups is 2. The molecule has 1 aromatic heterocycles. The second-order valence-electron chi connectivity index (χ2n) is 11.7. The average molecular weight is 535 g/mol. The second kappa shape index (κ2) is 10.0. The quantitative estimate of drug-likeness (QED) is 0.469. The summed E-state index contributed by atoms with van der Waals surface area (Å²) in [5.74, 6) is 2.49. The number of anilines is 1. The molecule has 208 valence electrons. The molecule has 1 unspecified atom stereocenters. The number of aromatic nitrogens is 2. The van der Waals surface area contributed by atoms with Gasteiger partial charge in [0.05, 0.1) is 11.2 Å². The summed E-state index contributed by atoms with van der Waals surface area (Å²) >= 11 is 0. The summed E-state index contributed by atoms with van der Waals surface area (Å²) in [6.07, 6.45) is 4.03. The topological polar surface area (TPSA) is 143 Å². The number of nitrogens with zero attached hydrogens (tertiary/aromatic N) is 5. The number of benzene rings is 1. The van der Waals surface area contributed by atoms with Crippen molar-refractivity contribution in [1.29, 1.82) is 0 Å². The lowest BCUT2D eigenvalue weighted by molar-refractivity contribution is -0.135. The third-order valence-corrected chi connectivity index (χ3v) is 9.15. The van der Waals surface area contributed by atoms with Crippen LogP contribution in [0.5, 0.6) is 0 Å². The van der Waals surface area contributed by atoms with Crippen LogP contribution in [0, 0.1) is 17.8 Å². The van der Waals surface area contributed by atoms with Gasteiger partial charge in [-0.05, 0) is 74.2 Å². The Kier molecular flexibility index (Phi) is 6.68. The standard InChI is InChI=1S/C28H38N8O3/c1-18(35-16-22-21(15-29)23(22)17-35)14-19-2-4-20(5-3-19)36-9-6-24(32-27(36)39)31-26(38)34-12-10-33(11-13-34)25(37)28(30)7-8-28/h2-6,9,18,21-23H,7-8,10-17,29-30H2,1H3,(H,31,32,38,39)/t18?,21-,22-,23+. The summed E-state index contributed by atoms with van der Waals surface area (Å²) in [6, 6.07) is 9.74. The third kappa shape index (κ3) is 5.18. The summed E-state index contributed by atoms with van der Waals surface area (Å²) in [7, 11) is 0. The molecule has 4 aliphatic rings. The lowest BCUT2D eigenvalue weighted by Gasteiger charge is -2.35. The van der Waals surface area contributed by atoms with Crippen molar-refractivity contribution in [1.82, 2.24) is 24.3 Å². The molecular formula is C28H38N8O3. The minimum Gasteiger partial charge on any atom is -0.338 e. The number of rotatable bonds is 7. The van der Waals surface area contributed by atoms with Crippen LogP contribution in [-0.4, -0.2) is 93.6 Å². The Morgan fingerprint density at radius 2 is 1.69 bits per heavy atom. The molecule has 3 amide bonds. The lowest BCUT2D eigenvalue weighted by atomic mass is 10.0. The van der Waals surface area contributed by atoms with Crippen molar-refractivity contribution in [2.45, 2.75) is 37.8 Å². The van der Waals surface area contributed by atoms with Gasteiger partial charge in [0.2, 0.25) is 5.91 Å². The summed E-state index contributed by atoms with van der Waals surface area (Å²) in [6.45, 7) is 7.11. The number of urea groups is 1. The number of carbonyl (C=O) groups excluding carboxylic acids is 2. The van der Waals surface area contributed by atoms with Crippen molar-refractivity contribution >= 4 is 17.8 Å². The van der Waals surface area contributed by atoms with Crippen LogP contribution in [0.15, 0.2) is 41.3 Å². The van der Waals surface area contributed by atoms with Crippen LogP contribution in [0.4, 0.5) is 10.6 Å². The highest BCUT2D eigenvalue weighted by molar-refractivity contribution is 5.90. The SMILES string of the molecule is CC(Cc1ccc(-n2ccc(NC(=O)N3CCN(C(=O)C4(N)CC4)CC3)nc2=O)cc1)N1C[C@@H]2[C@@H](CN)[C@@H]2C1. The Hall–Kier alpha value is -3.28. The molecule has 5 N–H and O–H groups in total. The Morgan fingerprint density at radius 3 is 2.28 bits per heavy atom. The molecule has 11 heteroatoms. The van der Waals surface area contributed by atoms with Crippen molar-refractivity contribution < 1.29 is 9.59 Å². The van der Waals surface area contributed by atoms with E-state index in [9.17, 15) is 14.4 Å². The number of hydrogen-bond donors (Lipinski definition) is 3. The number of piperidine rings is 1. The molecule has 6 rings (SSSR count). The molecule has 0 radical (unpaired) electrons. The Morgan fingerprint density at radius 1 is 1.05 bits per heavy atom. The van der Waals surface area contributed by atoms with Crippen molar-refractivity contribution in [2.24, 2.45) is 29.2 Å². The molecule has 4 fully saturated rings. The molecule has 11 nitrogen and oxygen atoms in total. The van der Waals surface area contributed by atoms with Crippen LogP contribution in [0.2, 0.25) is 0 Å². The van der Waals surface area contributed by atoms with Crippen LogP contribution in [0.1, 0.15) is 25.3 Å². The van der Waals surface area contributed by atoms with E-state index in [2.05, 4.69) is 34.3 Å². The highest BCUT2D eigenvalue weighted by Crippen LogP contribution is 2.51. The fourth-order valence-corrected chi connectivity index (χ4v) is 6.29. The van der Waals surface area contributed by atoms with Crippen LogP contribution in [0.25, 0.3) is 5.69 Å². The van der Waals surface area contributed by atoms with Gasteiger partial charge in [-0.25, -0.2) is 9.59 Å². The molecule has 2 saturated heterocycles. The first-order chi connectivity index (χ1) is 18.8. The van der Waals surface area contributed by atoms with Crippen LogP contribution in [0.3, 0.4) is 0 Å². The zero-order valence-electron chi connectivity index (χ0n) is 22.5. The normalized spacial score (nSPS) is 26.2. The van der Waals surface area contributed by atoms with E-state index in [1.165, 1.54) is 10.1 Å². The van der Waals surface area contributed by atoms with E-state index < -0.39 is 11.2 Å². The van der Waals surface area contributed by atoms with Gasteiger partial charge in [0.15, 0.2) is 0 Å². The minimum absolute atomic E-state index is 0.0284. The van der Waals surface area contributed by atoms with E-state index in [-0.39, 0.29) is 17.8 Å². The Balaban J connectivity index is 1.01. The zero-order chi connectivity index (χ0) is 27.3. The van der Waals surface area contributed by atoms with Gasteiger partial charge in [-0.3, -0.25) is 19.6 Å². The molecular weight excluding hydrogens is 496 g/mol. The van der Waals surface area contributed by atoms with Gasteiger partial charge in [-0.1, -0.05) is 12.1 Å². The van der Waals surface area contributed by atoms with Gasteiger partial charge in [0, 0.05) is 51.5 Å². The smallest absolute Gasteiger partial charge is 0.338 e. The highest BCUT2D eigenvalue weighted by Gasteiger charge is 2.55. The number of fused-ring (bicyclic) bond motifs is 1. The van der Waals surface area contributed by atoms with Crippen molar-refractivity contribution in [3.8, 4) is 5.69 Å². The molecule has 3 heterocycles. The van der Waals surface area contributed by atoms with E-state index in [1.54, 1.807) is 22.1 Å². The Labute approximate surface area is 228 Å². The third-order valence-electron chi connectivity index (χ3n) is 9.15. The predicted molar refractivity (Wildman–Crippen MR) is 147 cm³/mol. The monoisotopic (exact) mass is 534 g/mol. The van der Waals surface area contributed by atoms with E-state index in [4.69, 9.17) is 11.5 Å². The first kappa shape index (κ1) is 26.0. The predicted octanol–water partition coefficient (Wildman–Crippen LogP) is 0.467. The van der Waals surface area contributed by atoms with Crippen LogP contribution in [-0.2, 0) is 11.2 Å². The first-order valence-electron chi connectivity index (χ1n) is 14.0. The van der Waals surface area contributed by atoms with Gasteiger partial charge in [0.25, 0.3) is 0 Å². The molecule has 2 aliphatic heterocycles. The Bertz CT molecular complexity index is 1290. The fourth-order valence-electron chi connectivity index (χ4n) is 6.29. The van der Waals surface area contributed by atoms with E-state index >= 15 is 0 Å². The average Bonchev–Trinajstić information content (AvgIpc) is 3.81. The molecule has 0 bridgehead atoms. The van der Waals surface area contributed by atoms with Crippen molar-refractivity contribution in [3.63, 3.8) is 0 Å². The fraction of sp³-hybridized carbons (Fsp3) is 0.571. The largest absolute Gasteiger partial charge is 0.354 e. The van der Waals surface area contributed by atoms with Gasteiger partial charge < -0.3 is 21.3 Å². The maximum atomic E-state index is 12.8. The molecule has 1 aromatic carbocycles. The molecule has 2 aromatic rings. The molecule has 39 heavy (non-hydrogen) atoms. The molecule has 0 spiro atoms. The van der Waals surface area contributed by atoms with E-state index in [1.807, 2.05) is 12.1 Å². The molecule has 4 atom stereocenters. The highest BCUT2D eigenvalue weighted by atomic mass is 16.2. The zero-order valence-corrected chi connectivity index (χ0v) is 22.5. The summed E-state index contributed by atoms with van der Waals surface area (Å²) in [5.41, 5.74) is 12.7. The van der Waals surface area contributed by atoms with Gasteiger partial charge in [0.1, 0.15) is 5.82 Å². The lowest BCUT2D eigenvalue weighted by Crippen LogP contribution is -2.55. The number of hydrogen-bond acceptors (Lipinski definition) is 7. The summed E-state index contributed by atoms with van der Waals surface area (Å²) in [4.78, 5) is 47.9. The summed E-state index contributed by atoms with van der Waals surface area (Å²) in [5, 5.41) is 2.71. The number of likely N-dealkylation sites (tertiary alicyclic amines) is 1. The van der Waals surface area contributed by atoms with Gasteiger partial charge in [-0.15, -0.1) is 0 Å². The van der Waals surface area contributed by atoms with Gasteiger partial charge >= 0.3 is 11.7 Å². The maximum absolute atomic E-state index is 12.8. The van der Waals surface area contributed by atoms with E-state index in [0.717, 1.165) is 62.3 Å². The minimum atomic E-state index is -0.695. The van der Waals surface area contributed by atoms with Crippen molar-refractivity contribution in [2.75, 3.05) is 51.1 Å². The summed E-state index contributed by atoms with van der Waals surface area (Å²) < 4.78 is 1.47. The number of nitrogens with two attached hydrogens (primary N) is 2. The van der Waals surface area contributed by atoms with E-state index in [0.29, 0.717) is 32.2 Å². The molecule has 2 aliphatic carbocycles. The number of amides is 3.